The molecule has 0 aromatic heterocycles. The molecule has 0 unspecified atom stereocenters. The molecular weight excluding hydrogens is 278 g/mol. The fourth-order valence-corrected chi connectivity index (χ4v) is 1.93. The maximum absolute atomic E-state index is 12.0. The van der Waals surface area contributed by atoms with Gasteiger partial charge in [-0.25, -0.2) is 0 Å². The molecule has 0 aliphatic heterocycles. The second-order valence-electron chi connectivity index (χ2n) is 6.29. The summed E-state index contributed by atoms with van der Waals surface area (Å²) in [4.78, 5) is 23.5. The topological polar surface area (TPSA) is 70.2 Å². The third kappa shape index (κ3) is 6.26. The van der Waals surface area contributed by atoms with Crippen LogP contribution in [0.4, 0.5) is 0 Å². The number of hydrogen-bond acceptors (Lipinski definition) is 3. The summed E-state index contributed by atoms with van der Waals surface area (Å²) in [5.41, 5.74) is 1.87. The van der Waals surface area contributed by atoms with Gasteiger partial charge in [0.1, 0.15) is 0 Å². The molecule has 3 N–H and O–H groups in total. The van der Waals surface area contributed by atoms with Crippen molar-refractivity contribution in [1.82, 2.24) is 16.0 Å². The van der Waals surface area contributed by atoms with E-state index in [1.807, 2.05) is 31.3 Å². The van der Waals surface area contributed by atoms with E-state index in [4.69, 9.17) is 0 Å². The van der Waals surface area contributed by atoms with Crippen molar-refractivity contribution in [2.24, 2.45) is 0 Å². The third-order valence-corrected chi connectivity index (χ3v) is 3.35. The molecule has 0 heterocycles. The first-order chi connectivity index (χ1) is 10.3. The number of benzene rings is 1. The van der Waals surface area contributed by atoms with E-state index in [0.29, 0.717) is 18.7 Å². The molecular formula is C17H27N3O2. The monoisotopic (exact) mass is 305 g/mol. The Kier molecular flexibility index (Phi) is 7.05. The van der Waals surface area contributed by atoms with Gasteiger partial charge in [-0.15, -0.1) is 0 Å². The van der Waals surface area contributed by atoms with Gasteiger partial charge in [0.25, 0.3) is 5.91 Å². The highest BCUT2D eigenvalue weighted by Crippen LogP contribution is 2.22. The average Bonchev–Trinajstić information content (AvgIpc) is 2.46. The molecule has 5 nitrogen and oxygen atoms in total. The molecule has 0 radical (unpaired) electrons. The highest BCUT2D eigenvalue weighted by Gasteiger charge is 2.14. The lowest BCUT2D eigenvalue weighted by atomic mass is 9.87. The fourth-order valence-electron chi connectivity index (χ4n) is 1.93. The SMILES string of the molecule is CNCCNC(=O)CCNC(=O)c1ccc(C(C)(C)C)cc1. The second-order valence-corrected chi connectivity index (χ2v) is 6.29. The molecule has 22 heavy (non-hydrogen) atoms. The molecule has 1 aromatic carbocycles. The first-order valence-electron chi connectivity index (χ1n) is 7.64. The maximum Gasteiger partial charge on any atom is 0.251 e. The summed E-state index contributed by atoms with van der Waals surface area (Å²) in [6, 6.07) is 7.59. The van der Waals surface area contributed by atoms with E-state index in [9.17, 15) is 9.59 Å². The summed E-state index contributed by atoms with van der Waals surface area (Å²) < 4.78 is 0. The molecule has 5 heteroatoms. The van der Waals surface area contributed by atoms with Crippen molar-refractivity contribution >= 4 is 11.8 Å². The van der Waals surface area contributed by atoms with Crippen molar-refractivity contribution in [3.63, 3.8) is 0 Å². The molecule has 0 atom stereocenters. The molecule has 0 bridgehead atoms. The second kappa shape index (κ2) is 8.54. The number of carbonyl (C=O) groups excluding carboxylic acids is 2. The predicted molar refractivity (Wildman–Crippen MR) is 89.0 cm³/mol. The van der Waals surface area contributed by atoms with E-state index in [1.54, 1.807) is 0 Å². The van der Waals surface area contributed by atoms with Crippen molar-refractivity contribution < 1.29 is 9.59 Å². The largest absolute Gasteiger partial charge is 0.355 e. The molecule has 2 amide bonds. The van der Waals surface area contributed by atoms with Gasteiger partial charge in [0.15, 0.2) is 0 Å². The Morgan fingerprint density at radius 2 is 1.59 bits per heavy atom. The number of hydrogen-bond donors (Lipinski definition) is 3. The number of nitrogens with one attached hydrogen (secondary N) is 3. The number of carbonyl (C=O) groups is 2. The Morgan fingerprint density at radius 3 is 2.14 bits per heavy atom. The molecule has 0 saturated heterocycles. The summed E-state index contributed by atoms with van der Waals surface area (Å²) in [7, 11) is 1.83. The van der Waals surface area contributed by atoms with Gasteiger partial charge in [0.2, 0.25) is 5.91 Å². The summed E-state index contributed by atoms with van der Waals surface area (Å²) in [6.45, 7) is 8.07. The van der Waals surface area contributed by atoms with Crippen molar-refractivity contribution in [3.8, 4) is 0 Å². The van der Waals surface area contributed by atoms with Crippen LogP contribution in [0, 0.1) is 0 Å². The van der Waals surface area contributed by atoms with Crippen LogP contribution < -0.4 is 16.0 Å². The molecule has 122 valence electrons. The van der Waals surface area contributed by atoms with E-state index >= 15 is 0 Å². The average molecular weight is 305 g/mol. The Labute approximate surface area is 132 Å². The van der Waals surface area contributed by atoms with Crippen LogP contribution >= 0.6 is 0 Å². The highest BCUT2D eigenvalue weighted by molar-refractivity contribution is 5.94. The smallest absolute Gasteiger partial charge is 0.251 e. The van der Waals surface area contributed by atoms with Gasteiger partial charge < -0.3 is 16.0 Å². The van der Waals surface area contributed by atoms with Crippen LogP contribution in [-0.4, -0.2) is 38.5 Å². The van der Waals surface area contributed by atoms with E-state index in [2.05, 4.69) is 36.7 Å². The van der Waals surface area contributed by atoms with Crippen LogP contribution in [0.2, 0.25) is 0 Å². The molecule has 0 fully saturated rings. The predicted octanol–water partition coefficient (Wildman–Crippen LogP) is 1.44. The van der Waals surface area contributed by atoms with Crippen LogP contribution in [0.15, 0.2) is 24.3 Å². The lowest BCUT2D eigenvalue weighted by Crippen LogP contribution is -2.33. The zero-order chi connectivity index (χ0) is 16.6. The van der Waals surface area contributed by atoms with Gasteiger partial charge in [0.05, 0.1) is 0 Å². The molecule has 1 rings (SSSR count). The first-order valence-corrected chi connectivity index (χ1v) is 7.64. The van der Waals surface area contributed by atoms with Gasteiger partial charge in [-0.3, -0.25) is 9.59 Å². The maximum atomic E-state index is 12.0. The molecule has 0 saturated carbocycles. The van der Waals surface area contributed by atoms with Crippen molar-refractivity contribution in [2.75, 3.05) is 26.7 Å². The van der Waals surface area contributed by atoms with Crippen molar-refractivity contribution in [1.29, 1.82) is 0 Å². The summed E-state index contributed by atoms with van der Waals surface area (Å²) in [6.07, 6.45) is 0.287. The Bertz CT molecular complexity index is 490. The quantitative estimate of drug-likeness (QED) is 0.668. The summed E-state index contributed by atoms with van der Waals surface area (Å²) in [5.74, 6) is -0.206. The van der Waals surface area contributed by atoms with E-state index in [0.717, 1.165) is 6.54 Å². The lowest BCUT2D eigenvalue weighted by Gasteiger charge is -2.19. The minimum absolute atomic E-state index is 0.0568. The van der Waals surface area contributed by atoms with Gasteiger partial charge in [0, 0.05) is 31.6 Å². The van der Waals surface area contributed by atoms with Gasteiger partial charge >= 0.3 is 0 Å². The van der Waals surface area contributed by atoms with Crippen LogP contribution in [0.1, 0.15) is 43.1 Å². The standard InChI is InChI=1S/C17H27N3O2/c1-17(2,3)14-7-5-13(6-8-14)16(22)20-10-9-15(21)19-12-11-18-4/h5-8,18H,9-12H2,1-4H3,(H,19,21)(H,20,22). The van der Waals surface area contributed by atoms with Crippen LogP contribution in [0.5, 0.6) is 0 Å². The number of likely N-dealkylation sites (N-methyl/N-ethyl adjacent to an activating group) is 1. The van der Waals surface area contributed by atoms with Crippen molar-refractivity contribution in [3.05, 3.63) is 35.4 Å². The van der Waals surface area contributed by atoms with Crippen LogP contribution in [0.3, 0.4) is 0 Å². The van der Waals surface area contributed by atoms with Crippen LogP contribution in [-0.2, 0) is 10.2 Å². The Hall–Kier alpha value is -1.88. The molecule has 0 spiro atoms. The van der Waals surface area contributed by atoms with Crippen molar-refractivity contribution in [2.45, 2.75) is 32.6 Å². The number of amides is 2. The highest BCUT2D eigenvalue weighted by atomic mass is 16.2. The third-order valence-electron chi connectivity index (χ3n) is 3.35. The number of rotatable bonds is 7. The molecule has 0 aliphatic rings. The summed E-state index contributed by atoms with van der Waals surface area (Å²) >= 11 is 0. The van der Waals surface area contributed by atoms with Gasteiger partial charge in [-0.1, -0.05) is 32.9 Å². The Morgan fingerprint density at radius 1 is 0.955 bits per heavy atom. The first kappa shape index (κ1) is 18.2. The summed E-state index contributed by atoms with van der Waals surface area (Å²) in [5, 5.41) is 8.48. The van der Waals surface area contributed by atoms with E-state index in [1.165, 1.54) is 5.56 Å². The van der Waals surface area contributed by atoms with Gasteiger partial charge in [-0.05, 0) is 30.2 Å². The van der Waals surface area contributed by atoms with E-state index in [-0.39, 0.29) is 23.7 Å². The zero-order valence-corrected chi connectivity index (χ0v) is 14.0. The zero-order valence-electron chi connectivity index (χ0n) is 14.0. The minimum atomic E-state index is -0.150. The molecule has 1 aromatic rings. The normalized spacial score (nSPS) is 11.1. The van der Waals surface area contributed by atoms with Gasteiger partial charge in [-0.2, -0.15) is 0 Å². The molecule has 0 aliphatic carbocycles. The minimum Gasteiger partial charge on any atom is -0.355 e. The Balaban J connectivity index is 2.38. The van der Waals surface area contributed by atoms with Crippen LogP contribution in [0.25, 0.3) is 0 Å². The lowest BCUT2D eigenvalue weighted by molar-refractivity contribution is -0.120. The fraction of sp³-hybridized carbons (Fsp3) is 0.529. The van der Waals surface area contributed by atoms with E-state index < -0.39 is 0 Å².